The molecule has 1 atom stereocenters. The molecule has 3 heterocycles. The largest absolute Gasteiger partial charge is 0.355 e. The van der Waals surface area contributed by atoms with Crippen molar-refractivity contribution in [2.45, 2.75) is 51.6 Å². The number of aromatic nitrogens is 1. The molecule has 21 heavy (non-hydrogen) atoms. The van der Waals surface area contributed by atoms with Crippen molar-refractivity contribution in [2.24, 2.45) is 5.73 Å². The number of hydrogen-bond donors (Lipinski definition) is 1. The van der Waals surface area contributed by atoms with Crippen LogP contribution in [0.15, 0.2) is 12.1 Å². The maximum absolute atomic E-state index is 5.85. The molecule has 1 unspecified atom stereocenters. The van der Waals surface area contributed by atoms with E-state index in [4.69, 9.17) is 10.7 Å². The van der Waals surface area contributed by atoms with Crippen molar-refractivity contribution >= 4 is 5.82 Å². The Bertz CT molecular complexity index is 468. The number of hydrogen-bond acceptors (Lipinski definition) is 4. The summed E-state index contributed by atoms with van der Waals surface area (Å²) in [6.45, 7) is 7.65. The number of nitrogens with two attached hydrogens (primary N) is 1. The number of aryl methyl sites for hydroxylation is 1. The van der Waals surface area contributed by atoms with Gasteiger partial charge in [0.2, 0.25) is 0 Å². The van der Waals surface area contributed by atoms with Crippen LogP contribution in [0.1, 0.15) is 43.9 Å². The normalized spacial score (nSPS) is 23.1. The topological polar surface area (TPSA) is 45.4 Å². The molecule has 2 fully saturated rings. The summed E-state index contributed by atoms with van der Waals surface area (Å²) < 4.78 is 0. The fourth-order valence-corrected chi connectivity index (χ4v) is 3.65. The molecule has 4 nitrogen and oxygen atoms in total. The summed E-state index contributed by atoms with van der Waals surface area (Å²) in [5.74, 6) is 1.14. The van der Waals surface area contributed by atoms with E-state index in [1.807, 2.05) is 0 Å². The Kier molecular flexibility index (Phi) is 4.76. The van der Waals surface area contributed by atoms with Crippen molar-refractivity contribution in [3.63, 3.8) is 0 Å². The van der Waals surface area contributed by atoms with Gasteiger partial charge in [-0.15, -0.1) is 0 Å². The Morgan fingerprint density at radius 3 is 2.76 bits per heavy atom. The second-order valence-electron chi connectivity index (χ2n) is 6.41. The molecule has 2 saturated heterocycles. The van der Waals surface area contributed by atoms with Crippen LogP contribution >= 0.6 is 0 Å². The van der Waals surface area contributed by atoms with Crippen molar-refractivity contribution < 1.29 is 0 Å². The SMILES string of the molecule is CCCc1cc(CN)cc(N2CCC(N3CCCC3)C2)n1. The van der Waals surface area contributed by atoms with Crippen molar-refractivity contribution in [3.05, 3.63) is 23.4 Å². The third kappa shape index (κ3) is 3.38. The smallest absolute Gasteiger partial charge is 0.129 e. The first kappa shape index (κ1) is 14.8. The third-order valence-electron chi connectivity index (χ3n) is 4.81. The van der Waals surface area contributed by atoms with Crippen LogP contribution in [0.4, 0.5) is 5.82 Å². The lowest BCUT2D eigenvalue weighted by Crippen LogP contribution is -2.35. The summed E-state index contributed by atoms with van der Waals surface area (Å²) in [7, 11) is 0. The van der Waals surface area contributed by atoms with E-state index in [1.54, 1.807) is 0 Å². The van der Waals surface area contributed by atoms with E-state index in [1.165, 1.54) is 43.6 Å². The van der Waals surface area contributed by atoms with Gasteiger partial charge in [-0.05, 0) is 56.5 Å². The van der Waals surface area contributed by atoms with E-state index in [-0.39, 0.29) is 0 Å². The Labute approximate surface area is 128 Å². The summed E-state index contributed by atoms with van der Waals surface area (Å²) >= 11 is 0. The van der Waals surface area contributed by atoms with Crippen LogP contribution in [-0.4, -0.2) is 42.1 Å². The fourth-order valence-electron chi connectivity index (χ4n) is 3.65. The Morgan fingerprint density at radius 2 is 2.05 bits per heavy atom. The van der Waals surface area contributed by atoms with E-state index in [0.29, 0.717) is 6.54 Å². The van der Waals surface area contributed by atoms with Gasteiger partial charge in [0.05, 0.1) is 0 Å². The molecular weight excluding hydrogens is 260 g/mol. The summed E-state index contributed by atoms with van der Waals surface area (Å²) in [4.78, 5) is 9.99. The Hall–Kier alpha value is -1.13. The van der Waals surface area contributed by atoms with Gasteiger partial charge in [0.25, 0.3) is 0 Å². The van der Waals surface area contributed by atoms with E-state index < -0.39 is 0 Å². The van der Waals surface area contributed by atoms with Gasteiger partial charge in [0.1, 0.15) is 5.82 Å². The average molecular weight is 288 g/mol. The lowest BCUT2D eigenvalue weighted by atomic mass is 10.1. The molecule has 0 amide bonds. The first-order valence-electron chi connectivity index (χ1n) is 8.49. The van der Waals surface area contributed by atoms with Gasteiger partial charge in [-0.25, -0.2) is 4.98 Å². The highest BCUT2D eigenvalue weighted by molar-refractivity contribution is 5.44. The second kappa shape index (κ2) is 6.75. The van der Waals surface area contributed by atoms with Crippen LogP contribution in [-0.2, 0) is 13.0 Å². The molecule has 1 aromatic rings. The van der Waals surface area contributed by atoms with Gasteiger partial charge >= 0.3 is 0 Å². The van der Waals surface area contributed by atoms with Crippen molar-refractivity contribution in [1.29, 1.82) is 0 Å². The first-order chi connectivity index (χ1) is 10.3. The van der Waals surface area contributed by atoms with E-state index in [9.17, 15) is 0 Å². The maximum Gasteiger partial charge on any atom is 0.129 e. The number of likely N-dealkylation sites (tertiary alicyclic amines) is 1. The molecule has 0 aromatic carbocycles. The predicted molar refractivity (Wildman–Crippen MR) is 87.5 cm³/mol. The molecule has 1 aromatic heterocycles. The molecule has 0 radical (unpaired) electrons. The zero-order chi connectivity index (χ0) is 14.7. The van der Waals surface area contributed by atoms with Crippen LogP contribution in [0.25, 0.3) is 0 Å². The van der Waals surface area contributed by atoms with Gasteiger partial charge in [-0.1, -0.05) is 13.3 Å². The number of nitrogens with zero attached hydrogens (tertiary/aromatic N) is 3. The first-order valence-corrected chi connectivity index (χ1v) is 8.49. The summed E-state index contributed by atoms with van der Waals surface area (Å²) in [6.07, 6.45) is 6.20. The number of anilines is 1. The van der Waals surface area contributed by atoms with Crippen molar-refractivity contribution in [3.8, 4) is 0 Å². The van der Waals surface area contributed by atoms with E-state index >= 15 is 0 Å². The van der Waals surface area contributed by atoms with Gasteiger partial charge in [-0.3, -0.25) is 4.90 Å². The molecule has 0 aliphatic carbocycles. The van der Waals surface area contributed by atoms with Gasteiger partial charge in [-0.2, -0.15) is 0 Å². The van der Waals surface area contributed by atoms with E-state index in [0.717, 1.165) is 37.8 Å². The highest BCUT2D eigenvalue weighted by Gasteiger charge is 2.29. The minimum atomic E-state index is 0.607. The fraction of sp³-hybridized carbons (Fsp3) is 0.706. The lowest BCUT2D eigenvalue weighted by molar-refractivity contribution is 0.260. The summed E-state index contributed by atoms with van der Waals surface area (Å²) in [5.41, 5.74) is 8.27. The van der Waals surface area contributed by atoms with Gasteiger partial charge in [0, 0.05) is 31.4 Å². The minimum Gasteiger partial charge on any atom is -0.355 e. The molecular formula is C17H28N4. The number of rotatable bonds is 5. The molecule has 0 bridgehead atoms. The van der Waals surface area contributed by atoms with Crippen LogP contribution < -0.4 is 10.6 Å². The summed E-state index contributed by atoms with van der Waals surface area (Å²) in [5, 5.41) is 0. The molecule has 116 valence electrons. The molecule has 0 spiro atoms. The van der Waals surface area contributed by atoms with Crippen LogP contribution in [0, 0.1) is 0 Å². The third-order valence-corrected chi connectivity index (χ3v) is 4.81. The monoisotopic (exact) mass is 288 g/mol. The molecule has 0 saturated carbocycles. The van der Waals surface area contributed by atoms with Crippen molar-refractivity contribution in [2.75, 3.05) is 31.1 Å². The average Bonchev–Trinajstić information content (AvgIpc) is 3.18. The highest BCUT2D eigenvalue weighted by atomic mass is 15.3. The minimum absolute atomic E-state index is 0.607. The van der Waals surface area contributed by atoms with Crippen LogP contribution in [0.3, 0.4) is 0 Å². The quantitative estimate of drug-likeness (QED) is 0.902. The molecule has 4 heteroatoms. The zero-order valence-electron chi connectivity index (χ0n) is 13.2. The van der Waals surface area contributed by atoms with Crippen molar-refractivity contribution in [1.82, 2.24) is 9.88 Å². The number of pyridine rings is 1. The highest BCUT2D eigenvalue weighted by Crippen LogP contribution is 2.25. The lowest BCUT2D eigenvalue weighted by Gasteiger charge is -2.24. The molecule has 2 aliphatic heterocycles. The van der Waals surface area contributed by atoms with Gasteiger partial charge in [0.15, 0.2) is 0 Å². The predicted octanol–water partition coefficient (Wildman–Crippen LogP) is 2.17. The molecule has 2 N–H and O–H groups in total. The molecule has 3 rings (SSSR count). The zero-order valence-corrected chi connectivity index (χ0v) is 13.2. The standard InChI is InChI=1S/C17H28N4/c1-2-5-15-10-14(12-18)11-17(19-15)21-9-6-16(13-21)20-7-3-4-8-20/h10-11,16H,2-9,12-13,18H2,1H3. The second-order valence-corrected chi connectivity index (χ2v) is 6.41. The summed E-state index contributed by atoms with van der Waals surface area (Å²) in [6, 6.07) is 5.08. The maximum atomic E-state index is 5.85. The molecule has 2 aliphatic rings. The van der Waals surface area contributed by atoms with Crippen LogP contribution in [0.2, 0.25) is 0 Å². The Balaban J connectivity index is 1.72. The Morgan fingerprint density at radius 1 is 1.24 bits per heavy atom. The van der Waals surface area contributed by atoms with E-state index in [2.05, 4.69) is 28.9 Å². The van der Waals surface area contributed by atoms with Crippen LogP contribution in [0.5, 0.6) is 0 Å². The van der Waals surface area contributed by atoms with Gasteiger partial charge < -0.3 is 10.6 Å².